The van der Waals surface area contributed by atoms with Crippen molar-refractivity contribution in [1.29, 1.82) is 0 Å². The summed E-state index contributed by atoms with van der Waals surface area (Å²) in [4.78, 5) is 32.8. The first kappa shape index (κ1) is 18.8. The summed E-state index contributed by atoms with van der Waals surface area (Å²) in [6, 6.07) is 16.9. The molecule has 2 heterocycles. The zero-order valence-corrected chi connectivity index (χ0v) is 15.9. The van der Waals surface area contributed by atoms with Crippen LogP contribution < -0.4 is 4.74 Å². The summed E-state index contributed by atoms with van der Waals surface area (Å²) in [5.41, 5.74) is 2.23. The molecule has 0 fully saturated rings. The fraction of sp³-hybridized carbons (Fsp3) is 0.0909. The third-order valence-corrected chi connectivity index (χ3v) is 4.45. The Hall–Kier alpha value is -3.51. The molecule has 0 unspecified atom stereocenters. The van der Waals surface area contributed by atoms with E-state index in [1.165, 1.54) is 0 Å². The second kappa shape index (κ2) is 8.24. The average molecular weight is 407 g/mol. The number of ether oxygens (including phenoxy) is 1. The first-order chi connectivity index (χ1) is 14.1. The number of carbonyl (C=O) groups is 2. The highest BCUT2D eigenvalue weighted by molar-refractivity contribution is 6.30. The second-order valence-corrected chi connectivity index (χ2v) is 6.70. The molecule has 0 N–H and O–H groups in total. The Kier molecular flexibility index (Phi) is 5.35. The summed E-state index contributed by atoms with van der Waals surface area (Å²) < 4.78 is 11.0. The van der Waals surface area contributed by atoms with Gasteiger partial charge in [0.2, 0.25) is 5.89 Å². The summed E-state index contributed by atoms with van der Waals surface area (Å²) in [6.07, 6.45) is 1.67. The average Bonchev–Trinajstić information content (AvgIpc) is 3.17. The highest BCUT2D eigenvalue weighted by atomic mass is 35.5. The van der Waals surface area contributed by atoms with Gasteiger partial charge in [-0.3, -0.25) is 14.6 Å². The number of benzene rings is 2. The van der Waals surface area contributed by atoms with Gasteiger partial charge < -0.3 is 9.15 Å². The number of hydrogen-bond acceptors (Lipinski definition) is 6. The number of Topliss-reactive ketones (excluding diaryl/α,β-unsaturated/α-hetero) is 1. The van der Waals surface area contributed by atoms with Crippen molar-refractivity contribution >= 4 is 34.5 Å². The zero-order chi connectivity index (χ0) is 20.2. The van der Waals surface area contributed by atoms with Gasteiger partial charge in [0.15, 0.2) is 11.4 Å². The Bertz CT molecular complexity index is 1170. The Labute approximate surface area is 171 Å². The molecule has 0 amide bonds. The highest BCUT2D eigenvalue weighted by Crippen LogP contribution is 2.26. The molecule has 144 valence electrons. The number of esters is 1. The maximum Gasteiger partial charge on any atom is 0.311 e. The Morgan fingerprint density at radius 3 is 2.59 bits per heavy atom. The molecule has 0 aliphatic rings. The van der Waals surface area contributed by atoms with Crippen molar-refractivity contribution in [3.8, 4) is 17.3 Å². The van der Waals surface area contributed by atoms with Crippen LogP contribution >= 0.6 is 11.6 Å². The molecule has 29 heavy (non-hydrogen) atoms. The Morgan fingerprint density at radius 2 is 1.83 bits per heavy atom. The maximum atomic E-state index is 12.1. The topological polar surface area (TPSA) is 82.3 Å². The third kappa shape index (κ3) is 4.50. The van der Waals surface area contributed by atoms with Crippen molar-refractivity contribution < 1.29 is 18.7 Å². The van der Waals surface area contributed by atoms with Gasteiger partial charge in [-0.05, 0) is 48.5 Å². The second-order valence-electron chi connectivity index (χ2n) is 6.27. The van der Waals surface area contributed by atoms with E-state index in [1.54, 1.807) is 60.8 Å². The van der Waals surface area contributed by atoms with E-state index in [4.69, 9.17) is 20.8 Å². The van der Waals surface area contributed by atoms with E-state index < -0.39 is 5.97 Å². The van der Waals surface area contributed by atoms with E-state index in [0.717, 1.165) is 0 Å². The standard InChI is InChI=1S/C22H15ClN2O4/c23-15-6-4-14(5-7-15)19(26)10-11-21(27)28-16-8-9-17-20(13-16)29-22(25-17)18-3-1-2-12-24-18/h1-9,12-13H,10-11H2. The van der Waals surface area contributed by atoms with Crippen LogP contribution in [0.4, 0.5) is 0 Å². The molecule has 0 radical (unpaired) electrons. The van der Waals surface area contributed by atoms with Crippen molar-refractivity contribution in [1.82, 2.24) is 9.97 Å². The lowest BCUT2D eigenvalue weighted by Gasteiger charge is -2.04. The van der Waals surface area contributed by atoms with E-state index in [0.29, 0.717) is 39.0 Å². The summed E-state index contributed by atoms with van der Waals surface area (Å²) in [7, 11) is 0. The van der Waals surface area contributed by atoms with Crippen LogP contribution in [0.15, 0.2) is 71.3 Å². The van der Waals surface area contributed by atoms with Crippen molar-refractivity contribution in [3.05, 3.63) is 77.4 Å². The van der Waals surface area contributed by atoms with Crippen LogP contribution in [0.25, 0.3) is 22.7 Å². The molecule has 0 aliphatic carbocycles. The number of pyridine rings is 1. The summed E-state index contributed by atoms with van der Waals surface area (Å²) in [5, 5.41) is 0.551. The van der Waals surface area contributed by atoms with Crippen molar-refractivity contribution in [2.24, 2.45) is 0 Å². The monoisotopic (exact) mass is 406 g/mol. The fourth-order valence-electron chi connectivity index (χ4n) is 2.75. The summed E-state index contributed by atoms with van der Waals surface area (Å²) in [6.45, 7) is 0. The first-order valence-corrected chi connectivity index (χ1v) is 9.28. The minimum atomic E-state index is -0.504. The molecule has 2 aromatic heterocycles. The number of carbonyl (C=O) groups excluding carboxylic acids is 2. The number of rotatable bonds is 6. The number of ketones is 1. The molecule has 6 nitrogen and oxygen atoms in total. The van der Waals surface area contributed by atoms with Crippen molar-refractivity contribution in [2.45, 2.75) is 12.8 Å². The van der Waals surface area contributed by atoms with Gasteiger partial charge in [-0.2, -0.15) is 0 Å². The van der Waals surface area contributed by atoms with Gasteiger partial charge >= 0.3 is 5.97 Å². The zero-order valence-electron chi connectivity index (χ0n) is 15.2. The predicted octanol–water partition coefficient (Wildman–Crippen LogP) is 5.11. The molecular weight excluding hydrogens is 392 g/mol. The number of fused-ring (bicyclic) bond motifs is 1. The van der Waals surface area contributed by atoms with Crippen LogP contribution in [0.3, 0.4) is 0 Å². The van der Waals surface area contributed by atoms with Gasteiger partial charge in [0.25, 0.3) is 0 Å². The molecule has 7 heteroatoms. The molecule has 4 aromatic rings. The summed E-state index contributed by atoms with van der Waals surface area (Å²) in [5.74, 6) is 0.0586. The number of aromatic nitrogens is 2. The van der Waals surface area contributed by atoms with Crippen LogP contribution in [0.1, 0.15) is 23.2 Å². The third-order valence-electron chi connectivity index (χ3n) is 4.20. The lowest BCUT2D eigenvalue weighted by atomic mass is 10.1. The smallest absolute Gasteiger partial charge is 0.311 e. The van der Waals surface area contributed by atoms with E-state index in [1.807, 2.05) is 6.07 Å². The molecule has 0 saturated heterocycles. The maximum absolute atomic E-state index is 12.1. The Balaban J connectivity index is 1.40. The quantitative estimate of drug-likeness (QED) is 0.251. The molecule has 0 bridgehead atoms. The molecular formula is C22H15ClN2O4. The first-order valence-electron chi connectivity index (χ1n) is 8.90. The van der Waals surface area contributed by atoms with E-state index in [2.05, 4.69) is 9.97 Å². The number of oxazole rings is 1. The van der Waals surface area contributed by atoms with E-state index >= 15 is 0 Å². The van der Waals surface area contributed by atoms with Crippen molar-refractivity contribution in [2.75, 3.05) is 0 Å². The number of nitrogens with zero attached hydrogens (tertiary/aromatic N) is 2. The minimum absolute atomic E-state index is 0.0327. The van der Waals surface area contributed by atoms with Gasteiger partial charge in [0, 0.05) is 29.3 Å². The van der Waals surface area contributed by atoms with Gasteiger partial charge in [-0.1, -0.05) is 17.7 Å². The minimum Gasteiger partial charge on any atom is -0.435 e. The van der Waals surface area contributed by atoms with Crippen LogP contribution in [-0.2, 0) is 4.79 Å². The van der Waals surface area contributed by atoms with Gasteiger partial charge in [-0.15, -0.1) is 0 Å². The predicted molar refractivity (Wildman–Crippen MR) is 108 cm³/mol. The normalized spacial score (nSPS) is 10.8. The number of hydrogen-bond donors (Lipinski definition) is 0. The van der Waals surface area contributed by atoms with Crippen LogP contribution in [0.2, 0.25) is 5.02 Å². The van der Waals surface area contributed by atoms with E-state index in [-0.39, 0.29) is 18.6 Å². The Morgan fingerprint density at radius 1 is 1.00 bits per heavy atom. The highest BCUT2D eigenvalue weighted by Gasteiger charge is 2.13. The van der Waals surface area contributed by atoms with Crippen LogP contribution in [0, 0.1) is 0 Å². The van der Waals surface area contributed by atoms with Crippen LogP contribution in [0.5, 0.6) is 5.75 Å². The molecule has 0 spiro atoms. The molecule has 0 aliphatic heterocycles. The van der Waals surface area contributed by atoms with Gasteiger partial charge in [0.1, 0.15) is 17.0 Å². The molecule has 4 rings (SSSR count). The van der Waals surface area contributed by atoms with Gasteiger partial charge in [0.05, 0.1) is 6.42 Å². The molecule has 2 aromatic carbocycles. The van der Waals surface area contributed by atoms with Gasteiger partial charge in [-0.25, -0.2) is 4.98 Å². The van der Waals surface area contributed by atoms with Crippen LogP contribution in [-0.4, -0.2) is 21.7 Å². The number of halogens is 1. The summed E-state index contributed by atoms with van der Waals surface area (Å²) >= 11 is 5.81. The largest absolute Gasteiger partial charge is 0.435 e. The lowest BCUT2D eigenvalue weighted by molar-refractivity contribution is -0.134. The van der Waals surface area contributed by atoms with Crippen molar-refractivity contribution in [3.63, 3.8) is 0 Å². The SMILES string of the molecule is O=C(CCC(=O)c1ccc(Cl)cc1)Oc1ccc2nc(-c3ccccn3)oc2c1. The lowest BCUT2D eigenvalue weighted by Crippen LogP contribution is -2.10. The molecule has 0 atom stereocenters. The fourth-order valence-corrected chi connectivity index (χ4v) is 2.87. The molecule has 0 saturated carbocycles. The van der Waals surface area contributed by atoms with E-state index in [9.17, 15) is 9.59 Å².